The van der Waals surface area contributed by atoms with Crippen LogP contribution >= 0.6 is 0 Å². The van der Waals surface area contributed by atoms with Gasteiger partial charge < -0.3 is 13.9 Å². The smallest absolute Gasteiger partial charge is 0.231 e. The summed E-state index contributed by atoms with van der Waals surface area (Å²) in [4.78, 5) is 12.2. The second kappa shape index (κ2) is 4.38. The van der Waals surface area contributed by atoms with Crippen LogP contribution in [-0.4, -0.2) is 6.79 Å². The van der Waals surface area contributed by atoms with E-state index in [1.54, 1.807) is 0 Å². The highest BCUT2D eigenvalue weighted by atomic mass is 16.7. The van der Waals surface area contributed by atoms with E-state index in [0.29, 0.717) is 28.2 Å². The molecular formula is C17H12O4. The summed E-state index contributed by atoms with van der Waals surface area (Å²) in [6, 6.07) is 12.6. The summed E-state index contributed by atoms with van der Waals surface area (Å²) in [7, 11) is 0. The van der Waals surface area contributed by atoms with E-state index >= 15 is 0 Å². The first-order valence-corrected chi connectivity index (χ1v) is 6.65. The molecule has 104 valence electrons. The Kier molecular flexibility index (Phi) is 2.51. The molecule has 1 aliphatic rings. The molecule has 1 aliphatic heterocycles. The van der Waals surface area contributed by atoms with Crippen LogP contribution in [0.15, 0.2) is 51.7 Å². The summed E-state index contributed by atoms with van der Waals surface area (Å²) in [6.45, 7) is 2.17. The normalized spacial score (nSPS) is 12.8. The quantitative estimate of drug-likeness (QED) is 0.684. The minimum atomic E-state index is -0.0485. The average molecular weight is 280 g/mol. The highest BCUT2D eigenvalue weighted by Crippen LogP contribution is 2.36. The number of benzene rings is 2. The highest BCUT2D eigenvalue weighted by Gasteiger charge is 2.15. The highest BCUT2D eigenvalue weighted by molar-refractivity contribution is 5.79. The zero-order valence-corrected chi connectivity index (χ0v) is 11.4. The van der Waals surface area contributed by atoms with Crippen molar-refractivity contribution in [1.82, 2.24) is 0 Å². The fourth-order valence-electron chi connectivity index (χ4n) is 2.46. The maximum absolute atomic E-state index is 12.2. The lowest BCUT2D eigenvalue weighted by molar-refractivity contribution is 0.174. The second-order valence-corrected chi connectivity index (χ2v) is 5.04. The van der Waals surface area contributed by atoms with Gasteiger partial charge >= 0.3 is 0 Å². The molecule has 0 spiro atoms. The summed E-state index contributed by atoms with van der Waals surface area (Å²) in [5.41, 5.74) is 2.36. The molecule has 0 saturated heterocycles. The summed E-state index contributed by atoms with van der Waals surface area (Å²) in [5.74, 6) is 1.89. The van der Waals surface area contributed by atoms with E-state index in [1.165, 1.54) is 6.07 Å². The molecule has 3 aromatic rings. The van der Waals surface area contributed by atoms with Gasteiger partial charge in [0.05, 0.1) is 5.39 Å². The van der Waals surface area contributed by atoms with Crippen LogP contribution in [-0.2, 0) is 0 Å². The van der Waals surface area contributed by atoms with Gasteiger partial charge in [-0.1, -0.05) is 11.6 Å². The van der Waals surface area contributed by atoms with E-state index in [-0.39, 0.29) is 12.2 Å². The van der Waals surface area contributed by atoms with Gasteiger partial charge in [-0.25, -0.2) is 0 Å². The van der Waals surface area contributed by atoms with Crippen LogP contribution in [0, 0.1) is 6.92 Å². The van der Waals surface area contributed by atoms with Gasteiger partial charge in [-0.05, 0) is 37.3 Å². The van der Waals surface area contributed by atoms with Crippen LogP contribution in [0.4, 0.5) is 0 Å². The van der Waals surface area contributed by atoms with Crippen LogP contribution < -0.4 is 14.9 Å². The largest absolute Gasteiger partial charge is 0.456 e. The molecule has 0 radical (unpaired) electrons. The van der Waals surface area contributed by atoms with Crippen molar-refractivity contribution in [3.63, 3.8) is 0 Å². The van der Waals surface area contributed by atoms with Gasteiger partial charge in [0, 0.05) is 11.6 Å². The minimum Gasteiger partial charge on any atom is -0.456 e. The SMILES string of the molecule is Cc1ccc2oc(-c3ccc4c(c3)OCO4)cc(=O)c2c1. The summed E-state index contributed by atoms with van der Waals surface area (Å²) in [5, 5.41) is 0.597. The molecule has 4 nitrogen and oxygen atoms in total. The Bertz CT molecular complexity index is 908. The maximum atomic E-state index is 12.2. The summed E-state index contributed by atoms with van der Waals surface area (Å²) < 4.78 is 16.5. The van der Waals surface area contributed by atoms with Crippen LogP contribution in [0.1, 0.15) is 5.56 Å². The second-order valence-electron chi connectivity index (χ2n) is 5.04. The summed E-state index contributed by atoms with van der Waals surface area (Å²) >= 11 is 0. The number of aryl methyl sites for hydroxylation is 1. The van der Waals surface area contributed by atoms with Gasteiger partial charge in [-0.2, -0.15) is 0 Å². The minimum absolute atomic E-state index is 0.0485. The van der Waals surface area contributed by atoms with Crippen molar-refractivity contribution in [2.24, 2.45) is 0 Å². The molecule has 0 atom stereocenters. The van der Waals surface area contributed by atoms with E-state index in [9.17, 15) is 4.79 Å². The maximum Gasteiger partial charge on any atom is 0.231 e. The number of rotatable bonds is 1. The van der Waals surface area contributed by atoms with Crippen molar-refractivity contribution in [3.05, 3.63) is 58.3 Å². The molecule has 4 heteroatoms. The van der Waals surface area contributed by atoms with E-state index in [0.717, 1.165) is 11.1 Å². The molecule has 21 heavy (non-hydrogen) atoms. The Morgan fingerprint density at radius 2 is 1.81 bits per heavy atom. The molecule has 0 N–H and O–H groups in total. The van der Waals surface area contributed by atoms with Gasteiger partial charge in [0.25, 0.3) is 0 Å². The van der Waals surface area contributed by atoms with Crippen molar-refractivity contribution >= 4 is 11.0 Å². The van der Waals surface area contributed by atoms with Crippen molar-refractivity contribution in [3.8, 4) is 22.8 Å². The number of fused-ring (bicyclic) bond motifs is 2. The Morgan fingerprint density at radius 1 is 0.952 bits per heavy atom. The molecule has 0 bridgehead atoms. The predicted molar refractivity (Wildman–Crippen MR) is 78.8 cm³/mol. The van der Waals surface area contributed by atoms with E-state index in [1.807, 2.05) is 43.3 Å². The zero-order chi connectivity index (χ0) is 14.4. The van der Waals surface area contributed by atoms with Gasteiger partial charge in [0.2, 0.25) is 6.79 Å². The first-order chi connectivity index (χ1) is 10.2. The molecule has 0 amide bonds. The molecule has 2 aromatic carbocycles. The first-order valence-electron chi connectivity index (χ1n) is 6.65. The summed E-state index contributed by atoms with van der Waals surface area (Å²) in [6.07, 6.45) is 0. The Morgan fingerprint density at radius 3 is 2.71 bits per heavy atom. The molecule has 4 rings (SSSR count). The molecule has 0 saturated carbocycles. The third-order valence-corrected chi connectivity index (χ3v) is 3.54. The fourth-order valence-corrected chi connectivity index (χ4v) is 2.46. The number of ether oxygens (including phenoxy) is 2. The van der Waals surface area contributed by atoms with Crippen LogP contribution in [0.3, 0.4) is 0 Å². The van der Waals surface area contributed by atoms with Crippen LogP contribution in [0.5, 0.6) is 11.5 Å². The lowest BCUT2D eigenvalue weighted by Crippen LogP contribution is -2.00. The standard InChI is InChI=1S/C17H12O4/c1-10-2-4-14-12(6-10)13(18)8-16(21-14)11-3-5-15-17(7-11)20-9-19-15/h2-8H,9H2,1H3. The van der Waals surface area contributed by atoms with Gasteiger partial charge in [0.15, 0.2) is 16.9 Å². The van der Waals surface area contributed by atoms with Crippen molar-refractivity contribution in [2.45, 2.75) is 6.92 Å². The van der Waals surface area contributed by atoms with Crippen molar-refractivity contribution < 1.29 is 13.9 Å². The first kappa shape index (κ1) is 12.0. The molecular weight excluding hydrogens is 268 g/mol. The molecule has 0 unspecified atom stereocenters. The van der Waals surface area contributed by atoms with Crippen LogP contribution in [0.25, 0.3) is 22.3 Å². The van der Waals surface area contributed by atoms with Gasteiger partial charge in [-0.15, -0.1) is 0 Å². The average Bonchev–Trinajstić information content (AvgIpc) is 2.95. The van der Waals surface area contributed by atoms with Crippen LogP contribution in [0.2, 0.25) is 0 Å². The molecule has 0 aliphatic carbocycles. The monoisotopic (exact) mass is 280 g/mol. The zero-order valence-electron chi connectivity index (χ0n) is 11.4. The molecule has 1 aromatic heterocycles. The third-order valence-electron chi connectivity index (χ3n) is 3.54. The van der Waals surface area contributed by atoms with E-state index in [4.69, 9.17) is 13.9 Å². The predicted octanol–water partition coefficient (Wildman–Crippen LogP) is 3.50. The molecule has 0 fully saturated rings. The van der Waals surface area contributed by atoms with Crippen molar-refractivity contribution in [1.29, 1.82) is 0 Å². The lowest BCUT2D eigenvalue weighted by atomic mass is 10.1. The van der Waals surface area contributed by atoms with Crippen molar-refractivity contribution in [2.75, 3.05) is 6.79 Å². The topological polar surface area (TPSA) is 48.7 Å². The van der Waals surface area contributed by atoms with Gasteiger partial charge in [-0.3, -0.25) is 4.79 Å². The fraction of sp³-hybridized carbons (Fsp3) is 0.118. The number of hydrogen-bond acceptors (Lipinski definition) is 4. The Hall–Kier alpha value is -2.75. The lowest BCUT2D eigenvalue weighted by Gasteiger charge is -2.05. The molecule has 2 heterocycles. The van der Waals surface area contributed by atoms with E-state index in [2.05, 4.69) is 0 Å². The number of hydrogen-bond donors (Lipinski definition) is 0. The van der Waals surface area contributed by atoms with Gasteiger partial charge in [0.1, 0.15) is 11.3 Å². The third kappa shape index (κ3) is 1.96. The Labute approximate surface area is 120 Å². The Balaban J connectivity index is 1.91. The van der Waals surface area contributed by atoms with E-state index < -0.39 is 0 Å².